The monoisotopic (exact) mass is 572 g/mol. The summed E-state index contributed by atoms with van der Waals surface area (Å²) in [5.41, 5.74) is 11.1. The van der Waals surface area contributed by atoms with Gasteiger partial charge in [-0.2, -0.15) is 0 Å². The molecule has 0 aromatic carbocycles. The Kier molecular flexibility index (Phi) is 15.3. The Labute approximate surface area is 235 Å². The lowest BCUT2D eigenvalue weighted by molar-refractivity contribution is -0.146. The summed E-state index contributed by atoms with van der Waals surface area (Å²) in [7, 11) is 0. The van der Waals surface area contributed by atoms with Crippen LogP contribution in [0.3, 0.4) is 0 Å². The lowest BCUT2D eigenvalue weighted by atomic mass is 9.92. The molecule has 40 heavy (non-hydrogen) atoms. The molecule has 0 saturated carbocycles. The van der Waals surface area contributed by atoms with Crippen molar-refractivity contribution in [3.63, 3.8) is 0 Å². The van der Waals surface area contributed by atoms with Crippen LogP contribution in [0.15, 0.2) is 16.8 Å². The van der Waals surface area contributed by atoms with E-state index in [1.165, 1.54) is 6.92 Å². The van der Waals surface area contributed by atoms with Gasteiger partial charge in [-0.05, 0) is 46.2 Å². The zero-order chi connectivity index (χ0) is 30.3. The lowest BCUT2D eigenvalue weighted by Gasteiger charge is -2.39. The van der Waals surface area contributed by atoms with Gasteiger partial charge in [-0.3, -0.25) is 4.79 Å². The van der Waals surface area contributed by atoms with Crippen molar-refractivity contribution in [2.75, 3.05) is 19.7 Å². The molecule has 1 unspecified atom stereocenters. The molecule has 2 amide bonds. The van der Waals surface area contributed by atoms with E-state index in [2.05, 4.69) is 41.7 Å². The van der Waals surface area contributed by atoms with Gasteiger partial charge < -0.3 is 52.2 Å². The molecule has 1 rings (SSSR count). The molecule has 14 heteroatoms. The summed E-state index contributed by atoms with van der Waals surface area (Å²) >= 11 is 0. The van der Waals surface area contributed by atoms with E-state index < -0.39 is 66.7 Å². The number of aliphatic carboxylic acids is 1. The second-order valence-corrected chi connectivity index (χ2v) is 10.9. The Balaban J connectivity index is 2.68. The molecule has 0 bridgehead atoms. The number of hydrogen-bond acceptors (Lipinski definition) is 9. The summed E-state index contributed by atoms with van der Waals surface area (Å²) in [4.78, 5) is 40.1. The largest absolute Gasteiger partial charge is 0.477 e. The number of carbonyl (C=O) groups excluding carboxylic acids is 2. The van der Waals surface area contributed by atoms with Crippen molar-refractivity contribution in [2.24, 2.45) is 16.5 Å². The molecular formula is C26H48N6O8. The first-order valence-electron chi connectivity index (χ1n) is 13.7. The van der Waals surface area contributed by atoms with Crippen LogP contribution in [0.4, 0.5) is 4.79 Å². The number of hydrogen-bond donors (Lipinski definition) is 8. The molecule has 230 valence electrons. The maximum atomic E-state index is 12.6. The number of aliphatic hydroxyl groups excluding tert-OH is 2. The van der Waals surface area contributed by atoms with Gasteiger partial charge in [0.1, 0.15) is 6.10 Å². The van der Waals surface area contributed by atoms with Crippen molar-refractivity contribution in [3.05, 3.63) is 11.8 Å². The highest BCUT2D eigenvalue weighted by Crippen LogP contribution is 2.26. The fourth-order valence-corrected chi connectivity index (χ4v) is 4.22. The van der Waals surface area contributed by atoms with Crippen LogP contribution in [-0.2, 0) is 19.1 Å². The molecule has 1 aliphatic heterocycles. The van der Waals surface area contributed by atoms with Gasteiger partial charge in [0.15, 0.2) is 18.2 Å². The maximum Gasteiger partial charge on any atom is 0.407 e. The number of rotatable bonds is 17. The number of nitrogens with zero attached hydrogens (tertiary/aromatic N) is 1. The standard InChI is InChI=1S/C26H48N6O8/c1-16(34)31-20-17(32-24(27)28)14-19(23(36)37)39-22(20)21(18(35)15-33)40-25(38)29-12-10-8-6-5-7-9-11-13-30-26(2,3)4/h14,17-18,20-22,30,33,35H,5-13,15H2,1-4H3,(H,29,38)(H,31,34)(H,36,37)(H4,27,28,32)/t17-,18+,20+,21-,22?/m0/s1. The molecule has 0 aliphatic carbocycles. The van der Waals surface area contributed by atoms with E-state index >= 15 is 0 Å². The Morgan fingerprint density at radius 3 is 2.15 bits per heavy atom. The van der Waals surface area contributed by atoms with Crippen molar-refractivity contribution in [2.45, 2.75) is 109 Å². The number of ether oxygens (including phenoxy) is 2. The average Bonchev–Trinajstić information content (AvgIpc) is 2.85. The van der Waals surface area contributed by atoms with Crippen molar-refractivity contribution in [3.8, 4) is 0 Å². The van der Waals surface area contributed by atoms with E-state index in [0.717, 1.165) is 51.1 Å². The number of carbonyl (C=O) groups is 3. The number of guanidine groups is 1. The minimum Gasteiger partial charge on any atom is -0.477 e. The molecule has 14 nitrogen and oxygen atoms in total. The number of carboxylic acids is 1. The van der Waals surface area contributed by atoms with Gasteiger partial charge in [-0.1, -0.05) is 32.1 Å². The predicted octanol–water partition coefficient (Wildman–Crippen LogP) is 0.0672. The molecule has 0 radical (unpaired) electrons. The second kappa shape index (κ2) is 17.6. The van der Waals surface area contributed by atoms with Gasteiger partial charge in [0.2, 0.25) is 11.7 Å². The highest BCUT2D eigenvalue weighted by Gasteiger charge is 2.46. The Bertz CT molecular complexity index is 872. The van der Waals surface area contributed by atoms with Crippen molar-refractivity contribution in [1.82, 2.24) is 16.0 Å². The predicted molar refractivity (Wildman–Crippen MR) is 149 cm³/mol. The van der Waals surface area contributed by atoms with Crippen LogP contribution in [0, 0.1) is 0 Å². The third-order valence-electron chi connectivity index (χ3n) is 6.10. The summed E-state index contributed by atoms with van der Waals surface area (Å²) < 4.78 is 10.9. The molecule has 1 aliphatic rings. The molecule has 0 aromatic heterocycles. The Morgan fingerprint density at radius 1 is 1.07 bits per heavy atom. The minimum atomic E-state index is -1.67. The topological polar surface area (TPSA) is 231 Å². The second-order valence-electron chi connectivity index (χ2n) is 10.9. The normalized spacial score (nSPS) is 20.4. The summed E-state index contributed by atoms with van der Waals surface area (Å²) in [6, 6.07) is -2.25. The van der Waals surface area contributed by atoms with Crippen LogP contribution in [0.25, 0.3) is 0 Å². The number of nitrogens with two attached hydrogens (primary N) is 2. The Morgan fingerprint density at radius 2 is 1.65 bits per heavy atom. The number of aliphatic imine (C=N–C) groups is 1. The van der Waals surface area contributed by atoms with Crippen LogP contribution in [0.1, 0.15) is 72.6 Å². The third-order valence-corrected chi connectivity index (χ3v) is 6.10. The van der Waals surface area contributed by atoms with E-state index in [-0.39, 0.29) is 5.54 Å². The number of nitrogens with one attached hydrogen (secondary N) is 3. The molecule has 0 aromatic rings. The van der Waals surface area contributed by atoms with Gasteiger partial charge >= 0.3 is 12.1 Å². The first kappa shape index (κ1) is 34.9. The van der Waals surface area contributed by atoms with Gasteiger partial charge in [-0.25, -0.2) is 14.6 Å². The van der Waals surface area contributed by atoms with E-state index in [4.69, 9.17) is 20.9 Å². The van der Waals surface area contributed by atoms with Gasteiger partial charge in [0, 0.05) is 19.0 Å². The fraction of sp³-hybridized carbons (Fsp3) is 0.769. The highest BCUT2D eigenvalue weighted by atomic mass is 16.6. The first-order chi connectivity index (χ1) is 18.7. The SMILES string of the molecule is CC(=O)N[C@H]1C([C@@H](OC(=O)NCCCCCCCCCNC(C)(C)C)[C@H](O)CO)OC(C(=O)O)=C[C@@H]1N=C(N)N. The Hall–Kier alpha value is -3.10. The van der Waals surface area contributed by atoms with Gasteiger partial charge in [0.05, 0.1) is 18.7 Å². The maximum absolute atomic E-state index is 12.6. The summed E-state index contributed by atoms with van der Waals surface area (Å²) in [5.74, 6) is -2.97. The van der Waals surface area contributed by atoms with E-state index in [1.807, 2.05) is 0 Å². The summed E-state index contributed by atoms with van der Waals surface area (Å²) in [6.07, 6.45) is 2.68. The molecule has 10 N–H and O–H groups in total. The van der Waals surface area contributed by atoms with E-state index in [9.17, 15) is 29.7 Å². The number of aliphatic hydroxyl groups is 2. The van der Waals surface area contributed by atoms with E-state index in [0.29, 0.717) is 13.0 Å². The van der Waals surface area contributed by atoms with Gasteiger partial charge in [-0.15, -0.1) is 0 Å². The van der Waals surface area contributed by atoms with Gasteiger partial charge in [0.25, 0.3) is 0 Å². The number of carboxylic acid groups (broad SMARTS) is 1. The van der Waals surface area contributed by atoms with Crippen LogP contribution in [-0.4, -0.2) is 94.9 Å². The van der Waals surface area contributed by atoms with Crippen molar-refractivity contribution >= 4 is 23.9 Å². The number of amides is 2. The number of alkyl carbamates (subject to hydrolysis) is 1. The molecule has 0 fully saturated rings. The smallest absolute Gasteiger partial charge is 0.407 e. The quantitative estimate of drug-likeness (QED) is 0.0660. The zero-order valence-corrected chi connectivity index (χ0v) is 24.0. The number of unbranched alkanes of at least 4 members (excludes halogenated alkanes) is 6. The summed E-state index contributed by atoms with van der Waals surface area (Å²) in [5, 5.41) is 38.2. The van der Waals surface area contributed by atoms with E-state index in [1.54, 1.807) is 0 Å². The van der Waals surface area contributed by atoms with Crippen LogP contribution in [0.2, 0.25) is 0 Å². The van der Waals surface area contributed by atoms with Crippen LogP contribution >= 0.6 is 0 Å². The minimum absolute atomic E-state index is 0.134. The molecule has 0 saturated heterocycles. The third kappa shape index (κ3) is 13.8. The van der Waals surface area contributed by atoms with Crippen LogP contribution < -0.4 is 27.4 Å². The molecule has 5 atom stereocenters. The summed E-state index contributed by atoms with van der Waals surface area (Å²) in [6.45, 7) is 8.12. The fourth-order valence-electron chi connectivity index (χ4n) is 4.22. The first-order valence-corrected chi connectivity index (χ1v) is 13.7. The zero-order valence-electron chi connectivity index (χ0n) is 24.0. The molecule has 1 heterocycles. The van der Waals surface area contributed by atoms with Crippen LogP contribution in [0.5, 0.6) is 0 Å². The highest BCUT2D eigenvalue weighted by molar-refractivity contribution is 5.85. The van der Waals surface area contributed by atoms with Crippen molar-refractivity contribution in [1.29, 1.82) is 0 Å². The molecular weight excluding hydrogens is 524 g/mol. The average molecular weight is 573 g/mol. The lowest BCUT2D eigenvalue weighted by Crippen LogP contribution is -2.61. The molecule has 0 spiro atoms. The van der Waals surface area contributed by atoms with Crippen molar-refractivity contribution < 1.29 is 39.2 Å².